The van der Waals surface area contributed by atoms with Crippen LogP contribution in [0.4, 0.5) is 19.0 Å². The average Bonchev–Trinajstić information content (AvgIpc) is 3.56. The monoisotopic (exact) mass is 655 g/mol. The van der Waals surface area contributed by atoms with Crippen molar-refractivity contribution in [2.24, 2.45) is 5.92 Å². The van der Waals surface area contributed by atoms with Crippen LogP contribution < -0.4 is 10.9 Å². The number of hydrogen-bond acceptors (Lipinski definition) is 5. The van der Waals surface area contributed by atoms with Crippen molar-refractivity contribution in [3.05, 3.63) is 85.4 Å². The van der Waals surface area contributed by atoms with Gasteiger partial charge < -0.3 is 10.2 Å². The van der Waals surface area contributed by atoms with E-state index in [9.17, 15) is 22.8 Å². The molecule has 0 saturated carbocycles. The van der Waals surface area contributed by atoms with Crippen molar-refractivity contribution in [3.8, 4) is 5.69 Å². The molecule has 0 bridgehead atoms. The number of alkyl halides is 3. The van der Waals surface area contributed by atoms with E-state index >= 15 is 0 Å². The van der Waals surface area contributed by atoms with Gasteiger partial charge in [-0.1, -0.05) is 29.8 Å². The number of anilines is 1. The topological polar surface area (TPSA) is 100 Å². The molecule has 224 valence electrons. The summed E-state index contributed by atoms with van der Waals surface area (Å²) in [6.45, 7) is 5.97. The van der Waals surface area contributed by atoms with Crippen molar-refractivity contribution in [1.29, 1.82) is 0 Å². The number of benzene rings is 2. The number of aromatic amines is 1. The maximum absolute atomic E-state index is 14.3. The molecule has 1 aliphatic heterocycles. The normalized spacial score (nSPS) is 15.5. The van der Waals surface area contributed by atoms with E-state index in [1.165, 1.54) is 17.0 Å². The number of carbonyl (C=O) groups excluding carboxylic acids is 1. The number of hydrogen-bond donors (Lipinski definition) is 2. The second-order valence-electron chi connectivity index (χ2n) is 11.3. The predicted octanol–water partition coefficient (Wildman–Crippen LogP) is 5.97. The number of nitrogens with one attached hydrogen (secondary N) is 2. The molecule has 9 nitrogen and oxygen atoms in total. The van der Waals surface area contributed by atoms with Gasteiger partial charge in [0, 0.05) is 39.6 Å². The van der Waals surface area contributed by atoms with Crippen molar-refractivity contribution < 1.29 is 18.0 Å². The Morgan fingerprint density at radius 1 is 1.21 bits per heavy atom. The molecule has 13 heteroatoms. The number of carbonyl (C=O) groups is 1. The van der Waals surface area contributed by atoms with E-state index < -0.39 is 23.7 Å². The Hall–Kier alpha value is -4.13. The molecule has 1 aliphatic rings. The predicted molar refractivity (Wildman–Crippen MR) is 161 cm³/mol. The van der Waals surface area contributed by atoms with Crippen LogP contribution in [-0.2, 0) is 25.6 Å². The number of rotatable bonds is 5. The zero-order chi connectivity index (χ0) is 30.8. The zero-order valence-electron chi connectivity index (χ0n) is 23.9. The van der Waals surface area contributed by atoms with Crippen LogP contribution in [0.2, 0.25) is 0 Å². The highest BCUT2D eigenvalue weighted by Gasteiger charge is 2.36. The Bertz CT molecular complexity index is 1960. The molecule has 1 unspecified atom stereocenters. The summed E-state index contributed by atoms with van der Waals surface area (Å²) in [6.07, 6.45) is -2.00. The molecule has 0 radical (unpaired) electrons. The third-order valence-corrected chi connectivity index (χ3v) is 8.59. The van der Waals surface area contributed by atoms with Gasteiger partial charge in [0.05, 0.1) is 35.2 Å². The number of amides is 1. The van der Waals surface area contributed by atoms with Crippen LogP contribution in [0.25, 0.3) is 22.2 Å². The molecule has 0 fully saturated rings. The molecular weight excluding hydrogens is 627 g/mol. The molecule has 43 heavy (non-hydrogen) atoms. The average molecular weight is 657 g/mol. The van der Waals surface area contributed by atoms with Crippen LogP contribution in [0, 0.1) is 5.92 Å². The highest BCUT2D eigenvalue weighted by atomic mass is 79.9. The summed E-state index contributed by atoms with van der Waals surface area (Å²) < 4.78 is 44.0. The molecule has 5 aromatic rings. The van der Waals surface area contributed by atoms with Gasteiger partial charge in [0.1, 0.15) is 5.65 Å². The van der Waals surface area contributed by atoms with Crippen LogP contribution in [0.15, 0.2) is 51.9 Å². The molecule has 0 aliphatic carbocycles. The lowest BCUT2D eigenvalue weighted by Gasteiger charge is -2.35. The maximum atomic E-state index is 14.3. The Kier molecular flexibility index (Phi) is 7.10. The fourth-order valence-corrected chi connectivity index (χ4v) is 6.33. The highest BCUT2D eigenvalue weighted by molar-refractivity contribution is 9.10. The Balaban J connectivity index is 1.50. The summed E-state index contributed by atoms with van der Waals surface area (Å²) in [5.74, 6) is 0.424. The first-order chi connectivity index (χ1) is 20.4. The van der Waals surface area contributed by atoms with E-state index in [0.29, 0.717) is 34.8 Å². The molecule has 6 rings (SSSR count). The number of aromatic nitrogens is 5. The third kappa shape index (κ3) is 4.89. The van der Waals surface area contributed by atoms with E-state index in [1.54, 1.807) is 29.3 Å². The van der Waals surface area contributed by atoms with Crippen LogP contribution in [0.1, 0.15) is 53.5 Å². The molecule has 1 amide bonds. The van der Waals surface area contributed by atoms with Gasteiger partial charge in [0.2, 0.25) is 0 Å². The fourth-order valence-electron chi connectivity index (χ4n) is 5.86. The minimum Gasteiger partial charge on any atom is -0.371 e. The fraction of sp³-hybridized carbons (Fsp3) is 0.333. The third-order valence-electron chi connectivity index (χ3n) is 7.89. The Morgan fingerprint density at radius 3 is 2.67 bits per heavy atom. The van der Waals surface area contributed by atoms with E-state index in [1.807, 2.05) is 18.2 Å². The lowest BCUT2D eigenvalue weighted by Crippen LogP contribution is -2.46. The van der Waals surface area contributed by atoms with Gasteiger partial charge in [0.15, 0.2) is 5.82 Å². The molecule has 1 atom stereocenters. The summed E-state index contributed by atoms with van der Waals surface area (Å²) in [4.78, 5) is 29.4. The SMILES string of the molecule is CNc1n[nH]c2cc(-n3c(=O)c4c(n5ncc(CC(C)C)c35)CN(C(=O)c3ccc(Br)c(C(F)(F)F)c3)C(C)C4)ccc12. The highest BCUT2D eigenvalue weighted by Crippen LogP contribution is 2.36. The molecule has 3 aromatic heterocycles. The number of H-pyrrole nitrogens is 1. The first kappa shape index (κ1) is 29.0. The zero-order valence-corrected chi connectivity index (χ0v) is 25.5. The van der Waals surface area contributed by atoms with Gasteiger partial charge in [-0.3, -0.25) is 19.3 Å². The van der Waals surface area contributed by atoms with Gasteiger partial charge in [-0.25, -0.2) is 4.52 Å². The van der Waals surface area contributed by atoms with E-state index in [2.05, 4.69) is 50.4 Å². The van der Waals surface area contributed by atoms with Crippen molar-refractivity contribution in [2.45, 2.75) is 52.4 Å². The lowest BCUT2D eigenvalue weighted by atomic mass is 9.97. The summed E-state index contributed by atoms with van der Waals surface area (Å²) in [5.41, 5.74) is 2.70. The van der Waals surface area contributed by atoms with Gasteiger partial charge in [0.25, 0.3) is 11.5 Å². The van der Waals surface area contributed by atoms with Gasteiger partial charge >= 0.3 is 6.18 Å². The first-order valence-corrected chi connectivity index (χ1v) is 14.7. The van der Waals surface area contributed by atoms with Gasteiger partial charge in [-0.2, -0.15) is 23.4 Å². The van der Waals surface area contributed by atoms with Crippen LogP contribution in [-0.4, -0.2) is 48.3 Å². The number of halogens is 4. The molecular formula is C30H29BrF3N7O2. The smallest absolute Gasteiger partial charge is 0.371 e. The van der Waals surface area contributed by atoms with Gasteiger partial charge in [-0.15, -0.1) is 0 Å². The molecule has 0 spiro atoms. The van der Waals surface area contributed by atoms with Crippen molar-refractivity contribution >= 4 is 44.2 Å². The molecule has 2 aromatic carbocycles. The Morgan fingerprint density at radius 2 is 1.98 bits per heavy atom. The maximum Gasteiger partial charge on any atom is 0.417 e. The summed E-state index contributed by atoms with van der Waals surface area (Å²) >= 11 is 2.94. The first-order valence-electron chi connectivity index (χ1n) is 13.9. The Labute approximate surface area is 252 Å². The van der Waals surface area contributed by atoms with E-state index in [4.69, 9.17) is 0 Å². The van der Waals surface area contributed by atoms with Crippen LogP contribution in [0.5, 0.6) is 0 Å². The molecule has 2 N–H and O–H groups in total. The quantitative estimate of drug-likeness (QED) is 0.243. The summed E-state index contributed by atoms with van der Waals surface area (Å²) in [6, 6.07) is 8.66. The summed E-state index contributed by atoms with van der Waals surface area (Å²) in [5, 5.41) is 15.9. The standard InChI is InChI=1S/C30H29BrF3N7O2/c1-15(2)9-18-13-36-41-25-14-39(28(42)17-5-8-23(31)22(11-17)30(32,33)34)16(3)10-21(25)29(43)40(27(18)41)19-6-7-20-24(12-19)37-38-26(20)35-4/h5-8,11-13,15-16H,9-10,14H2,1-4H3,(H2,35,37,38). The largest absolute Gasteiger partial charge is 0.417 e. The van der Waals surface area contributed by atoms with Crippen molar-refractivity contribution in [1.82, 2.24) is 29.3 Å². The van der Waals surface area contributed by atoms with Crippen LogP contribution >= 0.6 is 15.9 Å². The number of nitrogens with zero attached hydrogens (tertiary/aromatic N) is 5. The number of fused-ring (bicyclic) bond motifs is 4. The molecule has 4 heterocycles. The second-order valence-corrected chi connectivity index (χ2v) is 12.2. The van der Waals surface area contributed by atoms with E-state index in [-0.39, 0.29) is 34.5 Å². The second kappa shape index (κ2) is 10.5. The minimum absolute atomic E-state index is 0.0211. The summed E-state index contributed by atoms with van der Waals surface area (Å²) in [7, 11) is 1.78. The van der Waals surface area contributed by atoms with Crippen molar-refractivity contribution in [3.63, 3.8) is 0 Å². The lowest BCUT2D eigenvalue weighted by molar-refractivity contribution is -0.138. The van der Waals surface area contributed by atoms with Gasteiger partial charge in [-0.05, 0) is 62.1 Å². The molecule has 0 saturated heterocycles. The van der Waals surface area contributed by atoms with E-state index in [0.717, 1.165) is 22.5 Å². The van der Waals surface area contributed by atoms with Crippen LogP contribution in [0.3, 0.4) is 0 Å². The minimum atomic E-state index is -4.62. The van der Waals surface area contributed by atoms with Crippen molar-refractivity contribution in [2.75, 3.05) is 12.4 Å².